The lowest BCUT2D eigenvalue weighted by Crippen LogP contribution is -2.10. The number of hydrogen-bond acceptors (Lipinski definition) is 4. The third kappa shape index (κ3) is 2.87. The third-order valence-electron chi connectivity index (χ3n) is 1.58. The van der Waals surface area contributed by atoms with Crippen molar-refractivity contribution in [1.29, 1.82) is 5.26 Å². The van der Waals surface area contributed by atoms with Crippen LogP contribution in [0.15, 0.2) is 12.1 Å². The Bertz CT molecular complexity index is 348. The van der Waals surface area contributed by atoms with Gasteiger partial charge in [-0.2, -0.15) is 5.26 Å². The predicted octanol–water partition coefficient (Wildman–Crippen LogP) is 1.66. The van der Waals surface area contributed by atoms with Gasteiger partial charge in [-0.1, -0.05) is 11.6 Å². The van der Waals surface area contributed by atoms with Gasteiger partial charge in [-0.05, 0) is 12.1 Å². The van der Waals surface area contributed by atoms with Crippen molar-refractivity contribution in [2.24, 2.45) is 0 Å². The van der Waals surface area contributed by atoms with Gasteiger partial charge in [-0.25, -0.2) is 4.98 Å². The highest BCUT2D eigenvalue weighted by molar-refractivity contribution is 6.29. The van der Waals surface area contributed by atoms with Crippen molar-refractivity contribution < 1.29 is 4.74 Å². The van der Waals surface area contributed by atoms with Crippen molar-refractivity contribution in [3.05, 3.63) is 22.8 Å². The molecule has 1 rings (SSSR count). The minimum absolute atomic E-state index is 0.365. The number of hydrogen-bond donors (Lipinski definition) is 1. The summed E-state index contributed by atoms with van der Waals surface area (Å²) in [5.74, 6) is 0.497. The number of nitrogens with zero attached hydrogens (tertiary/aromatic N) is 2. The molecule has 5 heteroatoms. The first-order valence-electron chi connectivity index (χ1n) is 4.07. The number of pyridine rings is 1. The number of ether oxygens (including phenoxy) is 1. The molecule has 4 nitrogen and oxygen atoms in total. The van der Waals surface area contributed by atoms with Crippen LogP contribution in [-0.2, 0) is 4.74 Å². The van der Waals surface area contributed by atoms with E-state index >= 15 is 0 Å². The van der Waals surface area contributed by atoms with Crippen LogP contribution in [0.3, 0.4) is 0 Å². The molecule has 0 fully saturated rings. The Hall–Kier alpha value is -1.31. The molecule has 0 aliphatic rings. The van der Waals surface area contributed by atoms with Gasteiger partial charge in [0.25, 0.3) is 0 Å². The summed E-state index contributed by atoms with van der Waals surface area (Å²) in [5, 5.41) is 12.1. The summed E-state index contributed by atoms with van der Waals surface area (Å²) in [6.07, 6.45) is 0. The van der Waals surface area contributed by atoms with E-state index in [1.807, 2.05) is 6.07 Å². The lowest BCUT2D eigenvalue weighted by atomic mass is 10.3. The molecule has 1 N–H and O–H groups in total. The lowest BCUT2D eigenvalue weighted by Gasteiger charge is -2.06. The minimum Gasteiger partial charge on any atom is -0.383 e. The molecule has 0 atom stereocenters. The summed E-state index contributed by atoms with van der Waals surface area (Å²) in [7, 11) is 1.61. The molecule has 0 aliphatic heterocycles. The zero-order valence-electron chi connectivity index (χ0n) is 7.75. The highest BCUT2D eigenvalue weighted by Gasteiger charge is 2.03. The Morgan fingerprint density at radius 3 is 3.07 bits per heavy atom. The minimum atomic E-state index is 0.365. The van der Waals surface area contributed by atoms with Crippen LogP contribution in [0.25, 0.3) is 0 Å². The first-order valence-corrected chi connectivity index (χ1v) is 4.45. The second-order valence-corrected chi connectivity index (χ2v) is 2.95. The van der Waals surface area contributed by atoms with Crippen LogP contribution in [0.5, 0.6) is 0 Å². The molecule has 1 heterocycles. The third-order valence-corrected chi connectivity index (χ3v) is 1.79. The summed E-state index contributed by atoms with van der Waals surface area (Å²) in [5.41, 5.74) is 0.477. The maximum Gasteiger partial charge on any atom is 0.145 e. The molecule has 0 bridgehead atoms. The number of anilines is 1. The van der Waals surface area contributed by atoms with Gasteiger partial charge in [-0.3, -0.25) is 0 Å². The molecule has 0 aromatic carbocycles. The topological polar surface area (TPSA) is 57.9 Å². The van der Waals surface area contributed by atoms with Crippen molar-refractivity contribution >= 4 is 17.4 Å². The van der Waals surface area contributed by atoms with E-state index in [9.17, 15) is 0 Å². The standard InChI is InChI=1S/C9H10ClN3O/c1-14-5-4-12-9-7(6-11)2-3-8(10)13-9/h2-3H,4-5H2,1H3,(H,12,13). The molecular weight excluding hydrogens is 202 g/mol. The summed E-state index contributed by atoms with van der Waals surface area (Å²) in [4.78, 5) is 3.99. The molecule has 0 aliphatic carbocycles. The summed E-state index contributed by atoms with van der Waals surface area (Å²) in [6, 6.07) is 5.24. The van der Waals surface area contributed by atoms with Gasteiger partial charge in [0.05, 0.1) is 12.2 Å². The molecular formula is C9H10ClN3O. The number of halogens is 1. The monoisotopic (exact) mass is 211 g/mol. The van der Waals surface area contributed by atoms with E-state index < -0.39 is 0 Å². The van der Waals surface area contributed by atoms with Gasteiger partial charge < -0.3 is 10.1 Å². The van der Waals surface area contributed by atoms with Crippen LogP contribution in [0.2, 0.25) is 5.15 Å². The van der Waals surface area contributed by atoms with E-state index in [1.165, 1.54) is 0 Å². The number of nitriles is 1. The van der Waals surface area contributed by atoms with Gasteiger partial charge in [0, 0.05) is 13.7 Å². The zero-order valence-corrected chi connectivity index (χ0v) is 8.51. The largest absolute Gasteiger partial charge is 0.383 e. The summed E-state index contributed by atoms with van der Waals surface area (Å²) < 4.78 is 4.86. The molecule has 14 heavy (non-hydrogen) atoms. The van der Waals surface area contributed by atoms with Crippen LogP contribution in [0, 0.1) is 11.3 Å². The van der Waals surface area contributed by atoms with Crippen molar-refractivity contribution in [3.8, 4) is 6.07 Å². The second kappa shape index (κ2) is 5.43. The highest BCUT2D eigenvalue weighted by Crippen LogP contribution is 2.14. The lowest BCUT2D eigenvalue weighted by molar-refractivity contribution is 0.210. The average molecular weight is 212 g/mol. The fraction of sp³-hybridized carbons (Fsp3) is 0.333. The summed E-state index contributed by atoms with van der Waals surface area (Å²) in [6.45, 7) is 1.15. The van der Waals surface area contributed by atoms with Crippen LogP contribution < -0.4 is 5.32 Å². The van der Waals surface area contributed by atoms with Gasteiger partial charge in [0.15, 0.2) is 0 Å². The van der Waals surface area contributed by atoms with Crippen molar-refractivity contribution in [2.75, 3.05) is 25.6 Å². The SMILES string of the molecule is COCCNc1nc(Cl)ccc1C#N. The maximum absolute atomic E-state index is 8.76. The molecule has 1 aromatic heterocycles. The van der Waals surface area contributed by atoms with Gasteiger partial charge in [-0.15, -0.1) is 0 Å². The fourth-order valence-electron chi connectivity index (χ4n) is 0.932. The molecule has 0 saturated heterocycles. The molecule has 0 spiro atoms. The fourth-order valence-corrected chi connectivity index (χ4v) is 1.08. The maximum atomic E-state index is 8.76. The van der Waals surface area contributed by atoms with Crippen molar-refractivity contribution in [2.45, 2.75) is 0 Å². The van der Waals surface area contributed by atoms with Crippen LogP contribution in [-0.4, -0.2) is 25.2 Å². The van der Waals surface area contributed by atoms with E-state index in [0.29, 0.717) is 29.7 Å². The van der Waals surface area contributed by atoms with Gasteiger partial charge >= 0.3 is 0 Å². The van der Waals surface area contributed by atoms with Crippen LogP contribution in [0.4, 0.5) is 5.82 Å². The van der Waals surface area contributed by atoms with E-state index in [-0.39, 0.29) is 0 Å². The first kappa shape index (κ1) is 10.8. The van der Waals surface area contributed by atoms with Crippen molar-refractivity contribution in [1.82, 2.24) is 4.98 Å². The molecule has 74 valence electrons. The number of methoxy groups -OCH3 is 1. The predicted molar refractivity (Wildman–Crippen MR) is 54.3 cm³/mol. The number of nitrogens with one attached hydrogen (secondary N) is 1. The smallest absolute Gasteiger partial charge is 0.145 e. The van der Waals surface area contributed by atoms with Crippen molar-refractivity contribution in [3.63, 3.8) is 0 Å². The Balaban J connectivity index is 2.73. The van der Waals surface area contributed by atoms with Crippen LogP contribution in [0.1, 0.15) is 5.56 Å². The first-order chi connectivity index (χ1) is 6.77. The van der Waals surface area contributed by atoms with E-state index in [2.05, 4.69) is 10.3 Å². The van der Waals surface area contributed by atoms with Crippen LogP contribution >= 0.6 is 11.6 Å². The Kier molecular flexibility index (Phi) is 4.17. The zero-order chi connectivity index (χ0) is 10.4. The van der Waals surface area contributed by atoms with Gasteiger partial charge in [0.1, 0.15) is 17.0 Å². The molecule has 0 unspecified atom stereocenters. The van der Waals surface area contributed by atoms with Gasteiger partial charge in [0.2, 0.25) is 0 Å². The highest BCUT2D eigenvalue weighted by atomic mass is 35.5. The van der Waals surface area contributed by atoms with E-state index in [4.69, 9.17) is 21.6 Å². The van der Waals surface area contributed by atoms with E-state index in [1.54, 1.807) is 19.2 Å². The average Bonchev–Trinajstić information content (AvgIpc) is 2.19. The quantitative estimate of drug-likeness (QED) is 0.608. The second-order valence-electron chi connectivity index (χ2n) is 2.56. The van der Waals surface area contributed by atoms with E-state index in [0.717, 1.165) is 0 Å². The molecule has 0 amide bonds. The number of aromatic nitrogens is 1. The normalized spacial score (nSPS) is 9.50. The molecule has 0 radical (unpaired) electrons. The molecule has 1 aromatic rings. The Labute approximate surface area is 87.5 Å². The Morgan fingerprint density at radius 1 is 1.64 bits per heavy atom. The molecule has 0 saturated carbocycles. The number of rotatable bonds is 4. The summed E-state index contributed by atoms with van der Waals surface area (Å²) >= 11 is 5.69. The Morgan fingerprint density at radius 2 is 2.43 bits per heavy atom.